The minimum absolute atomic E-state index is 0.00493. The number of ether oxygens (including phenoxy) is 1. The van der Waals surface area contributed by atoms with Gasteiger partial charge in [0.2, 0.25) is 0 Å². The zero-order chi connectivity index (χ0) is 15.0. The molecule has 1 N–H and O–H groups in total. The van der Waals surface area contributed by atoms with Crippen LogP contribution in [0.5, 0.6) is 0 Å². The summed E-state index contributed by atoms with van der Waals surface area (Å²) in [5.41, 5.74) is 1.16. The second-order valence-corrected chi connectivity index (χ2v) is 6.69. The minimum atomic E-state index is 0.00493. The third kappa shape index (κ3) is 2.64. The normalized spacial score (nSPS) is 26.9. The average Bonchev–Trinajstić information content (AvgIpc) is 3.14. The summed E-state index contributed by atoms with van der Waals surface area (Å²) in [6.45, 7) is 10.1. The molecule has 116 valence electrons. The third-order valence-electron chi connectivity index (χ3n) is 4.75. The molecule has 2 aliphatic heterocycles. The number of rotatable bonds is 3. The van der Waals surface area contributed by atoms with E-state index < -0.39 is 0 Å². The fourth-order valence-electron chi connectivity index (χ4n) is 3.44. The predicted octanol–water partition coefficient (Wildman–Crippen LogP) is 1.47. The van der Waals surface area contributed by atoms with Crippen LogP contribution in [-0.4, -0.2) is 46.5 Å². The van der Waals surface area contributed by atoms with E-state index in [0.717, 1.165) is 25.3 Å². The number of likely N-dealkylation sites (tertiary alicyclic amines) is 1. The number of hydrogen-bond donors (Lipinski definition) is 1. The van der Waals surface area contributed by atoms with Crippen LogP contribution < -0.4 is 5.32 Å². The smallest absolute Gasteiger partial charge is 0.318 e. The standard InChI is InChI=1S/C15H24N4O2/c1-4-18-7-11(6-17-18)5-16-14(20)19-10-15(2,3)12-8-21-9-13(12)19/h6-7,12-13H,4-5,8-10H2,1-3H3,(H,16,20)/t12-,13+/m1/s1. The first-order chi connectivity index (χ1) is 10.0. The maximum atomic E-state index is 12.5. The summed E-state index contributed by atoms with van der Waals surface area (Å²) in [6, 6.07) is 0.226. The largest absolute Gasteiger partial charge is 0.379 e. The van der Waals surface area contributed by atoms with Crippen molar-refractivity contribution in [1.82, 2.24) is 20.0 Å². The molecule has 0 bridgehead atoms. The highest BCUT2D eigenvalue weighted by atomic mass is 16.5. The molecular formula is C15H24N4O2. The number of aromatic nitrogens is 2. The maximum Gasteiger partial charge on any atom is 0.318 e. The molecule has 2 fully saturated rings. The summed E-state index contributed by atoms with van der Waals surface area (Å²) in [5, 5.41) is 7.22. The summed E-state index contributed by atoms with van der Waals surface area (Å²) < 4.78 is 7.44. The van der Waals surface area contributed by atoms with Gasteiger partial charge in [0.05, 0.1) is 25.5 Å². The number of urea groups is 1. The van der Waals surface area contributed by atoms with E-state index in [1.54, 1.807) is 6.20 Å². The summed E-state index contributed by atoms with van der Waals surface area (Å²) in [6.07, 6.45) is 3.77. The predicted molar refractivity (Wildman–Crippen MR) is 78.7 cm³/mol. The van der Waals surface area contributed by atoms with Crippen LogP contribution in [0.4, 0.5) is 4.79 Å². The molecule has 3 heterocycles. The minimum Gasteiger partial charge on any atom is -0.379 e. The fraction of sp³-hybridized carbons (Fsp3) is 0.733. The van der Waals surface area contributed by atoms with Crippen molar-refractivity contribution < 1.29 is 9.53 Å². The Morgan fingerprint density at radius 1 is 1.52 bits per heavy atom. The molecule has 0 aliphatic carbocycles. The van der Waals surface area contributed by atoms with Crippen molar-refractivity contribution in [3.05, 3.63) is 18.0 Å². The monoisotopic (exact) mass is 292 g/mol. The lowest BCUT2D eigenvalue weighted by molar-refractivity contribution is 0.124. The summed E-state index contributed by atoms with van der Waals surface area (Å²) >= 11 is 0. The van der Waals surface area contributed by atoms with Crippen LogP contribution in [0.1, 0.15) is 26.3 Å². The molecule has 6 heteroatoms. The Morgan fingerprint density at radius 2 is 2.33 bits per heavy atom. The van der Waals surface area contributed by atoms with Crippen molar-refractivity contribution in [1.29, 1.82) is 0 Å². The van der Waals surface area contributed by atoms with Gasteiger partial charge in [-0.3, -0.25) is 4.68 Å². The van der Waals surface area contributed by atoms with E-state index in [0.29, 0.717) is 19.1 Å². The number of fused-ring (bicyclic) bond motifs is 1. The molecule has 0 unspecified atom stereocenters. The molecule has 2 saturated heterocycles. The first-order valence-electron chi connectivity index (χ1n) is 7.65. The molecular weight excluding hydrogens is 268 g/mol. The van der Waals surface area contributed by atoms with Crippen molar-refractivity contribution >= 4 is 6.03 Å². The van der Waals surface area contributed by atoms with Gasteiger partial charge in [-0.1, -0.05) is 13.8 Å². The molecule has 0 spiro atoms. The lowest BCUT2D eigenvalue weighted by atomic mass is 9.80. The van der Waals surface area contributed by atoms with Crippen molar-refractivity contribution in [2.24, 2.45) is 11.3 Å². The highest BCUT2D eigenvalue weighted by molar-refractivity contribution is 5.75. The van der Waals surface area contributed by atoms with Gasteiger partial charge in [0.25, 0.3) is 0 Å². The van der Waals surface area contributed by atoms with Gasteiger partial charge in [-0.25, -0.2) is 4.79 Å². The molecule has 1 aromatic rings. The zero-order valence-electron chi connectivity index (χ0n) is 13.0. The molecule has 0 saturated carbocycles. The van der Waals surface area contributed by atoms with Crippen LogP contribution in [0, 0.1) is 11.3 Å². The lowest BCUT2D eigenvalue weighted by Crippen LogP contribution is -2.44. The highest BCUT2D eigenvalue weighted by Crippen LogP contribution is 2.43. The van der Waals surface area contributed by atoms with Gasteiger partial charge in [0.1, 0.15) is 0 Å². The van der Waals surface area contributed by atoms with Crippen molar-refractivity contribution in [3.63, 3.8) is 0 Å². The van der Waals surface area contributed by atoms with E-state index in [1.807, 2.05) is 22.7 Å². The quantitative estimate of drug-likeness (QED) is 0.918. The molecule has 0 aromatic carbocycles. The Bertz CT molecular complexity index is 525. The Kier molecular flexibility index (Phi) is 3.65. The Balaban J connectivity index is 1.60. The summed E-state index contributed by atoms with van der Waals surface area (Å²) in [7, 11) is 0. The van der Waals surface area contributed by atoms with Crippen LogP contribution >= 0.6 is 0 Å². The van der Waals surface area contributed by atoms with E-state index in [1.165, 1.54) is 0 Å². The molecule has 2 amide bonds. The second-order valence-electron chi connectivity index (χ2n) is 6.69. The van der Waals surface area contributed by atoms with Crippen LogP contribution in [0.2, 0.25) is 0 Å². The first kappa shape index (κ1) is 14.4. The first-order valence-corrected chi connectivity index (χ1v) is 7.65. The molecule has 21 heavy (non-hydrogen) atoms. The van der Waals surface area contributed by atoms with Crippen LogP contribution in [-0.2, 0) is 17.8 Å². The average molecular weight is 292 g/mol. The van der Waals surface area contributed by atoms with Gasteiger partial charge in [0.15, 0.2) is 0 Å². The number of amides is 2. The van der Waals surface area contributed by atoms with Gasteiger partial charge in [-0.15, -0.1) is 0 Å². The maximum absolute atomic E-state index is 12.5. The topological polar surface area (TPSA) is 59.4 Å². The Morgan fingerprint density at radius 3 is 3.05 bits per heavy atom. The molecule has 0 radical (unpaired) electrons. The van der Waals surface area contributed by atoms with Crippen LogP contribution in [0.3, 0.4) is 0 Å². The van der Waals surface area contributed by atoms with Gasteiger partial charge in [-0.2, -0.15) is 5.10 Å². The van der Waals surface area contributed by atoms with E-state index in [-0.39, 0.29) is 17.5 Å². The summed E-state index contributed by atoms with van der Waals surface area (Å²) in [4.78, 5) is 14.4. The van der Waals surface area contributed by atoms with Crippen LogP contribution in [0.15, 0.2) is 12.4 Å². The number of aryl methyl sites for hydroxylation is 1. The van der Waals surface area contributed by atoms with E-state index in [9.17, 15) is 4.79 Å². The van der Waals surface area contributed by atoms with E-state index >= 15 is 0 Å². The van der Waals surface area contributed by atoms with Gasteiger partial charge >= 0.3 is 6.03 Å². The van der Waals surface area contributed by atoms with Gasteiger partial charge < -0.3 is 15.0 Å². The highest BCUT2D eigenvalue weighted by Gasteiger charge is 2.51. The number of nitrogens with one attached hydrogen (secondary N) is 1. The van der Waals surface area contributed by atoms with Crippen molar-refractivity contribution in [3.8, 4) is 0 Å². The molecule has 3 rings (SSSR count). The van der Waals surface area contributed by atoms with Gasteiger partial charge in [0, 0.05) is 37.3 Å². The van der Waals surface area contributed by atoms with E-state index in [2.05, 4.69) is 24.3 Å². The molecule has 2 atom stereocenters. The zero-order valence-corrected chi connectivity index (χ0v) is 13.0. The number of hydrogen-bond acceptors (Lipinski definition) is 3. The van der Waals surface area contributed by atoms with Gasteiger partial charge in [-0.05, 0) is 12.3 Å². The SMILES string of the molecule is CCn1cc(CNC(=O)N2CC(C)(C)[C@@H]3COC[C@@H]32)cn1. The second kappa shape index (κ2) is 5.33. The third-order valence-corrected chi connectivity index (χ3v) is 4.75. The lowest BCUT2D eigenvalue weighted by Gasteiger charge is -2.24. The van der Waals surface area contributed by atoms with Crippen molar-refractivity contribution in [2.75, 3.05) is 19.8 Å². The summed E-state index contributed by atoms with van der Waals surface area (Å²) in [5.74, 6) is 0.450. The number of nitrogens with zero attached hydrogens (tertiary/aromatic N) is 3. The van der Waals surface area contributed by atoms with Crippen molar-refractivity contribution in [2.45, 2.75) is 39.9 Å². The van der Waals surface area contributed by atoms with Crippen LogP contribution in [0.25, 0.3) is 0 Å². The fourth-order valence-corrected chi connectivity index (χ4v) is 3.44. The molecule has 2 aliphatic rings. The Hall–Kier alpha value is -1.56. The molecule has 1 aromatic heterocycles. The Labute approximate surface area is 125 Å². The number of carbonyl (C=O) groups is 1. The van der Waals surface area contributed by atoms with E-state index in [4.69, 9.17) is 4.74 Å². The molecule has 6 nitrogen and oxygen atoms in total. The number of carbonyl (C=O) groups excluding carboxylic acids is 1.